The van der Waals surface area contributed by atoms with Crippen LogP contribution in [0.4, 0.5) is 0 Å². The van der Waals surface area contributed by atoms with E-state index in [1.807, 2.05) is 0 Å². The second-order valence-electron chi connectivity index (χ2n) is 7.24. The van der Waals surface area contributed by atoms with Gasteiger partial charge in [0, 0.05) is 10.4 Å². The summed E-state index contributed by atoms with van der Waals surface area (Å²) in [6, 6.07) is 19.8. The summed E-state index contributed by atoms with van der Waals surface area (Å²) in [5.74, 6) is 0.497. The summed E-state index contributed by atoms with van der Waals surface area (Å²) in [5, 5.41) is 2.63. The Morgan fingerprint density at radius 3 is 2.68 bits per heavy atom. The summed E-state index contributed by atoms with van der Waals surface area (Å²) >= 11 is 3.86. The van der Waals surface area contributed by atoms with Gasteiger partial charge >= 0.3 is 0 Å². The molecule has 25 heavy (non-hydrogen) atoms. The molecule has 0 aromatic heterocycles. The van der Waals surface area contributed by atoms with Gasteiger partial charge in [-0.1, -0.05) is 71.8 Å². The highest BCUT2D eigenvalue weighted by Gasteiger charge is 2.27. The summed E-state index contributed by atoms with van der Waals surface area (Å²) < 4.78 is 1.24. The Labute approximate surface area is 157 Å². The van der Waals surface area contributed by atoms with Crippen LogP contribution in [0.3, 0.4) is 0 Å². The second kappa shape index (κ2) is 5.71. The van der Waals surface area contributed by atoms with Crippen LogP contribution in [-0.2, 0) is 6.42 Å². The van der Waals surface area contributed by atoms with Gasteiger partial charge in [0.1, 0.15) is 0 Å². The van der Waals surface area contributed by atoms with Crippen molar-refractivity contribution in [2.45, 2.75) is 25.7 Å². The van der Waals surface area contributed by atoms with Crippen LogP contribution >= 0.6 is 15.9 Å². The van der Waals surface area contributed by atoms with Crippen molar-refractivity contribution in [3.05, 3.63) is 92.5 Å². The minimum absolute atomic E-state index is 0.497. The van der Waals surface area contributed by atoms with E-state index in [9.17, 15) is 0 Å². The molecule has 0 saturated carbocycles. The van der Waals surface area contributed by atoms with E-state index >= 15 is 0 Å². The van der Waals surface area contributed by atoms with E-state index in [2.05, 4.69) is 89.6 Å². The zero-order valence-corrected chi connectivity index (χ0v) is 15.8. The average Bonchev–Trinajstić information content (AvgIpc) is 3.17. The number of hydrogen-bond acceptors (Lipinski definition) is 0. The van der Waals surface area contributed by atoms with E-state index in [1.165, 1.54) is 43.1 Å². The Kier molecular flexibility index (Phi) is 3.46. The van der Waals surface area contributed by atoms with Crippen LogP contribution in [0.2, 0.25) is 0 Å². The SMILES string of the molecule is CC1=Cc2c(cc3ccccc3c2Br)C1CC1=Cc2ccccc2C1. The topological polar surface area (TPSA) is 0 Å². The third-order valence-electron chi connectivity index (χ3n) is 5.65. The Morgan fingerprint density at radius 2 is 1.80 bits per heavy atom. The quantitative estimate of drug-likeness (QED) is 0.439. The molecular formula is C24H19Br. The molecule has 0 aliphatic heterocycles. The average molecular weight is 387 g/mol. The van der Waals surface area contributed by atoms with Crippen molar-refractivity contribution in [3.63, 3.8) is 0 Å². The van der Waals surface area contributed by atoms with E-state index in [1.54, 1.807) is 5.57 Å². The number of rotatable bonds is 2. The highest BCUT2D eigenvalue weighted by Crippen LogP contribution is 2.46. The van der Waals surface area contributed by atoms with Crippen molar-refractivity contribution < 1.29 is 0 Å². The smallest absolute Gasteiger partial charge is 0.0329 e. The third kappa shape index (κ3) is 2.41. The van der Waals surface area contributed by atoms with Gasteiger partial charge in [-0.3, -0.25) is 0 Å². The van der Waals surface area contributed by atoms with E-state index in [0.717, 1.165) is 12.8 Å². The molecule has 3 aromatic rings. The van der Waals surface area contributed by atoms with Gasteiger partial charge in [-0.15, -0.1) is 0 Å². The van der Waals surface area contributed by atoms with E-state index in [4.69, 9.17) is 0 Å². The molecule has 0 bridgehead atoms. The van der Waals surface area contributed by atoms with Crippen molar-refractivity contribution >= 4 is 38.9 Å². The highest BCUT2D eigenvalue weighted by atomic mass is 79.9. The summed E-state index contributed by atoms with van der Waals surface area (Å²) in [4.78, 5) is 0. The molecule has 0 N–H and O–H groups in total. The molecular weight excluding hydrogens is 368 g/mol. The maximum absolute atomic E-state index is 3.86. The van der Waals surface area contributed by atoms with Crippen LogP contribution in [0, 0.1) is 0 Å². The summed E-state index contributed by atoms with van der Waals surface area (Å²) in [6.45, 7) is 2.28. The summed E-state index contributed by atoms with van der Waals surface area (Å²) in [5.41, 5.74) is 8.74. The van der Waals surface area contributed by atoms with Crippen molar-refractivity contribution in [1.82, 2.24) is 0 Å². The maximum atomic E-state index is 3.86. The number of benzene rings is 3. The van der Waals surface area contributed by atoms with Crippen molar-refractivity contribution in [2.24, 2.45) is 0 Å². The van der Waals surface area contributed by atoms with Crippen LogP contribution in [-0.4, -0.2) is 0 Å². The lowest BCUT2D eigenvalue weighted by Gasteiger charge is -2.17. The van der Waals surface area contributed by atoms with Gasteiger partial charge in [0.15, 0.2) is 0 Å². The Balaban J connectivity index is 1.54. The molecule has 1 atom stereocenters. The maximum Gasteiger partial charge on any atom is 0.0329 e. The number of allylic oxidation sites excluding steroid dienone is 2. The molecule has 0 radical (unpaired) electrons. The molecule has 0 nitrogen and oxygen atoms in total. The predicted octanol–water partition coefficient (Wildman–Crippen LogP) is 7.13. The number of hydrogen-bond donors (Lipinski definition) is 0. The standard InChI is InChI=1S/C24H19Br/c1-15-10-23-22(14-19-8-4-5-9-20(19)24(23)25)21(15)13-16-11-17-6-2-3-7-18(17)12-16/h2-11,14,21H,12-13H2,1H3. The van der Waals surface area contributed by atoms with Gasteiger partial charge < -0.3 is 0 Å². The third-order valence-corrected chi connectivity index (χ3v) is 6.51. The highest BCUT2D eigenvalue weighted by molar-refractivity contribution is 9.10. The largest absolute Gasteiger partial charge is 0.0648 e. The van der Waals surface area contributed by atoms with Crippen molar-refractivity contribution in [3.8, 4) is 0 Å². The van der Waals surface area contributed by atoms with E-state index < -0.39 is 0 Å². The minimum atomic E-state index is 0.497. The molecule has 0 heterocycles. The molecule has 0 spiro atoms. The molecule has 0 saturated heterocycles. The molecule has 0 amide bonds. The lowest BCUT2D eigenvalue weighted by molar-refractivity contribution is 0.786. The van der Waals surface area contributed by atoms with E-state index in [-0.39, 0.29) is 0 Å². The first-order valence-electron chi connectivity index (χ1n) is 8.87. The summed E-state index contributed by atoms with van der Waals surface area (Å²) in [7, 11) is 0. The fourth-order valence-corrected chi connectivity index (χ4v) is 5.07. The first kappa shape index (κ1) is 15.2. The number of fused-ring (bicyclic) bond motifs is 3. The normalized spacial score (nSPS) is 18.1. The lowest BCUT2D eigenvalue weighted by atomic mass is 9.88. The molecule has 5 rings (SSSR count). The first-order chi connectivity index (χ1) is 12.2. The van der Waals surface area contributed by atoms with Crippen LogP contribution in [0.25, 0.3) is 22.9 Å². The van der Waals surface area contributed by atoms with Crippen LogP contribution in [0.1, 0.15) is 41.5 Å². The second-order valence-corrected chi connectivity index (χ2v) is 8.03. The molecule has 3 aromatic carbocycles. The predicted molar refractivity (Wildman–Crippen MR) is 111 cm³/mol. The van der Waals surface area contributed by atoms with Crippen LogP contribution in [0.15, 0.2) is 70.2 Å². The van der Waals surface area contributed by atoms with Gasteiger partial charge in [-0.2, -0.15) is 0 Å². The molecule has 1 heteroatoms. The molecule has 2 aliphatic carbocycles. The molecule has 122 valence electrons. The van der Waals surface area contributed by atoms with Gasteiger partial charge in [-0.05, 0) is 74.8 Å². The van der Waals surface area contributed by atoms with Crippen molar-refractivity contribution in [1.29, 1.82) is 0 Å². The Hall–Kier alpha value is -2.12. The molecule has 0 fully saturated rings. The van der Waals surface area contributed by atoms with Crippen LogP contribution in [0.5, 0.6) is 0 Å². The van der Waals surface area contributed by atoms with Gasteiger partial charge in [0.25, 0.3) is 0 Å². The van der Waals surface area contributed by atoms with E-state index in [0.29, 0.717) is 5.92 Å². The fraction of sp³-hybridized carbons (Fsp3) is 0.167. The monoisotopic (exact) mass is 386 g/mol. The fourth-order valence-electron chi connectivity index (χ4n) is 4.36. The summed E-state index contributed by atoms with van der Waals surface area (Å²) in [6.07, 6.45) is 6.99. The van der Waals surface area contributed by atoms with Gasteiger partial charge in [-0.25, -0.2) is 0 Å². The minimum Gasteiger partial charge on any atom is -0.0648 e. The Bertz CT molecular complexity index is 1070. The molecule has 2 aliphatic rings. The zero-order valence-electron chi connectivity index (χ0n) is 14.2. The van der Waals surface area contributed by atoms with Gasteiger partial charge in [0.05, 0.1) is 0 Å². The lowest BCUT2D eigenvalue weighted by Crippen LogP contribution is -2.00. The van der Waals surface area contributed by atoms with Crippen LogP contribution < -0.4 is 0 Å². The first-order valence-corrected chi connectivity index (χ1v) is 9.66. The van der Waals surface area contributed by atoms with Crippen molar-refractivity contribution in [2.75, 3.05) is 0 Å². The zero-order chi connectivity index (χ0) is 17.0. The number of halogens is 1. The van der Waals surface area contributed by atoms with Gasteiger partial charge in [0.2, 0.25) is 0 Å². The Morgan fingerprint density at radius 1 is 1.00 bits per heavy atom. The molecule has 1 unspecified atom stereocenters.